The van der Waals surface area contributed by atoms with E-state index in [1.807, 2.05) is 19.2 Å². The van der Waals surface area contributed by atoms with Gasteiger partial charge >= 0.3 is 5.97 Å². The number of carboxylic acid groups (broad SMARTS) is 1. The number of aryl methyl sites for hydroxylation is 2. The third-order valence-corrected chi connectivity index (χ3v) is 4.67. The van der Waals surface area contributed by atoms with Crippen molar-refractivity contribution in [2.75, 3.05) is 5.32 Å². The van der Waals surface area contributed by atoms with Crippen LogP contribution in [0, 0.1) is 6.92 Å². The molecule has 0 bridgehead atoms. The number of nitrogens with one attached hydrogen (secondary N) is 1. The molecule has 0 saturated carbocycles. The molecule has 20 heavy (non-hydrogen) atoms. The molecule has 3 rings (SSSR count). The number of anilines is 1. The van der Waals surface area contributed by atoms with Crippen LogP contribution < -0.4 is 5.32 Å². The van der Waals surface area contributed by atoms with Crippen LogP contribution in [0.5, 0.6) is 0 Å². The second kappa shape index (κ2) is 5.20. The zero-order chi connectivity index (χ0) is 14.1. The Kier molecular flexibility index (Phi) is 3.40. The Morgan fingerprint density at radius 2 is 2.45 bits per heavy atom. The van der Waals surface area contributed by atoms with E-state index in [0.29, 0.717) is 13.0 Å². The quantitative estimate of drug-likeness (QED) is 0.904. The highest BCUT2D eigenvalue weighted by molar-refractivity contribution is 7.15. The molecule has 0 radical (unpaired) electrons. The van der Waals surface area contributed by atoms with Gasteiger partial charge in [-0.05, 0) is 37.0 Å². The average Bonchev–Trinajstić information content (AvgIpc) is 2.96. The first-order chi connectivity index (χ1) is 9.65. The lowest BCUT2D eigenvalue weighted by atomic mass is 10.1. The molecule has 2 N–H and O–H groups in total. The molecule has 1 aliphatic carbocycles. The van der Waals surface area contributed by atoms with Gasteiger partial charge in [0.25, 0.3) is 0 Å². The number of carbonyl (C=O) groups is 1. The van der Waals surface area contributed by atoms with Gasteiger partial charge in [-0.3, -0.25) is 9.78 Å². The number of aromatic nitrogens is 2. The van der Waals surface area contributed by atoms with Crippen LogP contribution in [-0.4, -0.2) is 21.0 Å². The highest BCUT2D eigenvalue weighted by atomic mass is 32.1. The summed E-state index contributed by atoms with van der Waals surface area (Å²) in [6.45, 7) is 2.70. The van der Waals surface area contributed by atoms with Crippen molar-refractivity contribution < 1.29 is 9.90 Å². The Labute approximate surface area is 120 Å². The first-order valence-electron chi connectivity index (χ1n) is 6.51. The zero-order valence-corrected chi connectivity index (χ0v) is 11.9. The van der Waals surface area contributed by atoms with E-state index in [4.69, 9.17) is 5.11 Å². The summed E-state index contributed by atoms with van der Waals surface area (Å²) in [6.07, 6.45) is 5.10. The molecule has 6 heteroatoms. The van der Waals surface area contributed by atoms with Gasteiger partial charge in [0.1, 0.15) is 5.92 Å². The molecule has 0 aromatic carbocycles. The molecule has 2 aromatic rings. The van der Waals surface area contributed by atoms with Gasteiger partial charge in [-0.15, -0.1) is 11.3 Å². The number of aliphatic carboxylic acids is 1. The fourth-order valence-electron chi connectivity index (χ4n) is 2.41. The Balaban J connectivity index is 1.73. The molecule has 1 unspecified atom stereocenters. The van der Waals surface area contributed by atoms with Gasteiger partial charge in [-0.25, -0.2) is 4.98 Å². The van der Waals surface area contributed by atoms with Crippen molar-refractivity contribution >= 4 is 22.4 Å². The smallest absolute Gasteiger partial charge is 0.312 e. The standard InChI is InChI=1S/C14H15N3O2S/c1-8-6-15-5-4-9(8)7-16-14-17-12-10(13(18)19)2-3-11(12)20-14/h4-6,10H,2-3,7H2,1H3,(H,16,17)(H,18,19). The summed E-state index contributed by atoms with van der Waals surface area (Å²) in [4.78, 5) is 20.8. The Morgan fingerprint density at radius 3 is 3.20 bits per heavy atom. The molecule has 0 spiro atoms. The largest absolute Gasteiger partial charge is 0.481 e. The molecule has 2 aromatic heterocycles. The summed E-state index contributed by atoms with van der Waals surface area (Å²) in [7, 11) is 0. The van der Waals surface area contributed by atoms with Crippen LogP contribution in [0.2, 0.25) is 0 Å². The van der Waals surface area contributed by atoms with Gasteiger partial charge in [0.15, 0.2) is 5.13 Å². The molecule has 5 nitrogen and oxygen atoms in total. The third kappa shape index (κ3) is 2.38. The Hall–Kier alpha value is -1.95. The number of pyridine rings is 1. The first kappa shape index (κ1) is 13.1. The highest BCUT2D eigenvalue weighted by Gasteiger charge is 2.32. The predicted molar refractivity (Wildman–Crippen MR) is 77.1 cm³/mol. The van der Waals surface area contributed by atoms with E-state index < -0.39 is 11.9 Å². The number of nitrogens with zero attached hydrogens (tertiary/aromatic N) is 2. The third-order valence-electron chi connectivity index (χ3n) is 3.58. The minimum atomic E-state index is -0.773. The maximum atomic E-state index is 11.1. The van der Waals surface area contributed by atoms with Crippen molar-refractivity contribution in [1.82, 2.24) is 9.97 Å². The second-order valence-corrected chi connectivity index (χ2v) is 6.00. The van der Waals surface area contributed by atoms with Crippen molar-refractivity contribution in [2.24, 2.45) is 0 Å². The van der Waals surface area contributed by atoms with Crippen molar-refractivity contribution in [1.29, 1.82) is 0 Å². The molecule has 1 atom stereocenters. The van der Waals surface area contributed by atoms with Gasteiger partial charge in [0, 0.05) is 23.8 Å². The lowest BCUT2D eigenvalue weighted by Crippen LogP contribution is -2.09. The van der Waals surface area contributed by atoms with Crippen LogP contribution in [0.4, 0.5) is 5.13 Å². The van der Waals surface area contributed by atoms with Gasteiger partial charge in [0.05, 0.1) is 5.69 Å². The topological polar surface area (TPSA) is 75.1 Å². The molecule has 104 valence electrons. The van der Waals surface area contributed by atoms with E-state index in [1.165, 1.54) is 5.56 Å². The van der Waals surface area contributed by atoms with E-state index >= 15 is 0 Å². The summed E-state index contributed by atoms with van der Waals surface area (Å²) < 4.78 is 0. The molecular formula is C14H15N3O2S. The number of thiazole rings is 1. The monoisotopic (exact) mass is 289 g/mol. The average molecular weight is 289 g/mol. The van der Waals surface area contributed by atoms with E-state index in [-0.39, 0.29) is 0 Å². The maximum absolute atomic E-state index is 11.1. The zero-order valence-electron chi connectivity index (χ0n) is 11.1. The van der Waals surface area contributed by atoms with Gasteiger partial charge in [0.2, 0.25) is 0 Å². The summed E-state index contributed by atoms with van der Waals surface area (Å²) in [5.74, 6) is -1.20. The van der Waals surface area contributed by atoms with Crippen LogP contribution in [0.15, 0.2) is 18.5 Å². The predicted octanol–water partition coefficient (Wildman–Crippen LogP) is 2.57. The number of hydrogen-bond donors (Lipinski definition) is 2. The van der Waals surface area contributed by atoms with Crippen molar-refractivity contribution in [3.05, 3.63) is 40.2 Å². The second-order valence-electron chi connectivity index (χ2n) is 4.91. The van der Waals surface area contributed by atoms with Crippen LogP contribution >= 0.6 is 11.3 Å². The van der Waals surface area contributed by atoms with Gasteiger partial charge in [-0.1, -0.05) is 0 Å². The lowest BCUT2D eigenvalue weighted by Gasteiger charge is -2.06. The van der Waals surface area contributed by atoms with E-state index in [1.54, 1.807) is 17.5 Å². The van der Waals surface area contributed by atoms with Crippen molar-refractivity contribution in [3.63, 3.8) is 0 Å². The van der Waals surface area contributed by atoms with Crippen LogP contribution in [0.1, 0.15) is 34.0 Å². The maximum Gasteiger partial charge on any atom is 0.312 e. The fourth-order valence-corrected chi connectivity index (χ4v) is 3.45. The first-order valence-corrected chi connectivity index (χ1v) is 7.32. The molecular weight excluding hydrogens is 274 g/mol. The van der Waals surface area contributed by atoms with E-state index in [2.05, 4.69) is 15.3 Å². The summed E-state index contributed by atoms with van der Waals surface area (Å²) in [6, 6.07) is 1.98. The fraction of sp³-hybridized carbons (Fsp3) is 0.357. The summed E-state index contributed by atoms with van der Waals surface area (Å²) in [5.41, 5.74) is 3.05. The van der Waals surface area contributed by atoms with Crippen LogP contribution in [0.3, 0.4) is 0 Å². The summed E-state index contributed by atoms with van der Waals surface area (Å²) in [5, 5.41) is 13.2. The minimum absolute atomic E-state index is 0.431. The SMILES string of the molecule is Cc1cnccc1CNc1nc2c(s1)CCC2C(=O)O. The molecule has 0 amide bonds. The molecule has 2 heterocycles. The minimum Gasteiger partial charge on any atom is -0.481 e. The normalized spacial score (nSPS) is 16.9. The molecule has 0 saturated heterocycles. The number of rotatable bonds is 4. The molecule has 1 aliphatic rings. The van der Waals surface area contributed by atoms with E-state index in [9.17, 15) is 4.79 Å². The Morgan fingerprint density at radius 1 is 1.60 bits per heavy atom. The number of hydrogen-bond acceptors (Lipinski definition) is 5. The molecule has 0 aliphatic heterocycles. The highest BCUT2D eigenvalue weighted by Crippen LogP contribution is 2.38. The van der Waals surface area contributed by atoms with Crippen LogP contribution in [-0.2, 0) is 17.8 Å². The number of fused-ring (bicyclic) bond motifs is 1. The van der Waals surface area contributed by atoms with Gasteiger partial charge < -0.3 is 10.4 Å². The number of carboxylic acids is 1. The lowest BCUT2D eigenvalue weighted by molar-refractivity contribution is -0.138. The van der Waals surface area contributed by atoms with Crippen molar-refractivity contribution in [2.45, 2.75) is 32.2 Å². The van der Waals surface area contributed by atoms with Crippen molar-refractivity contribution in [3.8, 4) is 0 Å². The van der Waals surface area contributed by atoms with Crippen LogP contribution in [0.25, 0.3) is 0 Å². The summed E-state index contributed by atoms with van der Waals surface area (Å²) >= 11 is 1.57. The molecule has 0 fully saturated rings. The van der Waals surface area contributed by atoms with E-state index in [0.717, 1.165) is 27.7 Å². The Bertz CT molecular complexity index is 654. The van der Waals surface area contributed by atoms with Gasteiger partial charge in [-0.2, -0.15) is 0 Å².